The fourth-order valence-electron chi connectivity index (χ4n) is 3.59. The van der Waals surface area contributed by atoms with Crippen LogP contribution in [0.2, 0.25) is 0 Å². The molecule has 1 amide bonds. The minimum Gasteiger partial charge on any atom is -0.392 e. The Morgan fingerprint density at radius 2 is 2.07 bits per heavy atom. The van der Waals surface area contributed by atoms with Crippen molar-refractivity contribution in [3.63, 3.8) is 0 Å². The van der Waals surface area contributed by atoms with Crippen molar-refractivity contribution in [2.75, 3.05) is 20.8 Å². The maximum absolute atomic E-state index is 12.3. The third-order valence-electron chi connectivity index (χ3n) is 5.54. The number of ketones is 1. The van der Waals surface area contributed by atoms with E-state index in [1.54, 1.807) is 20.1 Å². The lowest BCUT2D eigenvalue weighted by Gasteiger charge is -2.31. The number of Topliss-reactive ketones (excluding diaryl/α,β-unsaturated/α-hetero) is 1. The summed E-state index contributed by atoms with van der Waals surface area (Å²) in [7, 11) is 3.25. The number of carbonyl (C=O) groups excluding carboxylic acids is 2. The van der Waals surface area contributed by atoms with Gasteiger partial charge in [-0.05, 0) is 38.2 Å². The number of allylic oxidation sites excluding steroid dienone is 2. The van der Waals surface area contributed by atoms with Crippen molar-refractivity contribution in [3.05, 3.63) is 23.8 Å². The highest BCUT2D eigenvalue weighted by atomic mass is 16.5. The molecule has 0 radical (unpaired) electrons. The first-order valence-electron chi connectivity index (χ1n) is 10.8. The van der Waals surface area contributed by atoms with Crippen LogP contribution in [0.5, 0.6) is 0 Å². The first kappa shape index (κ1) is 25.5. The SMILES string of the molecule is CCCCCC(C/C=C/CCC(=O)NCC(OC)C1C(=O)C(C)=CCC1O)OC. The lowest BCUT2D eigenvalue weighted by molar-refractivity contribution is -0.132. The highest BCUT2D eigenvalue weighted by Crippen LogP contribution is 2.25. The Bertz CT molecular complexity index is 557. The molecule has 0 bridgehead atoms. The van der Waals surface area contributed by atoms with E-state index >= 15 is 0 Å². The van der Waals surface area contributed by atoms with Gasteiger partial charge in [0.25, 0.3) is 0 Å². The van der Waals surface area contributed by atoms with Crippen molar-refractivity contribution in [3.8, 4) is 0 Å². The van der Waals surface area contributed by atoms with Gasteiger partial charge in [-0.1, -0.05) is 44.4 Å². The highest BCUT2D eigenvalue weighted by molar-refractivity contribution is 5.98. The molecule has 0 fully saturated rings. The molecule has 6 heteroatoms. The maximum atomic E-state index is 12.3. The summed E-state index contributed by atoms with van der Waals surface area (Å²) in [4.78, 5) is 24.5. The van der Waals surface area contributed by atoms with Crippen LogP contribution in [-0.2, 0) is 19.1 Å². The number of nitrogens with one attached hydrogen (secondary N) is 1. The molecule has 6 nitrogen and oxygen atoms in total. The molecule has 0 saturated carbocycles. The molecule has 166 valence electrons. The molecular weight excluding hydrogens is 370 g/mol. The molecule has 0 saturated heterocycles. The fourth-order valence-corrected chi connectivity index (χ4v) is 3.59. The number of unbranched alkanes of at least 4 members (excludes halogenated alkanes) is 2. The van der Waals surface area contributed by atoms with Crippen LogP contribution in [0.15, 0.2) is 23.8 Å². The quantitative estimate of drug-likeness (QED) is 0.340. The molecule has 1 rings (SSSR count). The van der Waals surface area contributed by atoms with Gasteiger partial charge in [0.05, 0.1) is 24.2 Å². The number of ether oxygens (including phenoxy) is 2. The number of hydrogen-bond acceptors (Lipinski definition) is 5. The zero-order chi connectivity index (χ0) is 21.6. The standard InChI is InChI=1S/C23H39NO5/c1-5-6-8-11-18(28-3)12-9-7-10-13-21(26)24-16-20(29-4)22-19(25)15-14-17(2)23(22)27/h7,9,14,18-20,22,25H,5-6,8,10-13,15-16H2,1-4H3,(H,24,26)/b9-7+. The highest BCUT2D eigenvalue weighted by Gasteiger charge is 2.37. The third-order valence-corrected chi connectivity index (χ3v) is 5.54. The third kappa shape index (κ3) is 9.24. The minimum absolute atomic E-state index is 0.0899. The summed E-state index contributed by atoms with van der Waals surface area (Å²) >= 11 is 0. The molecule has 0 heterocycles. The van der Waals surface area contributed by atoms with Crippen LogP contribution in [0.1, 0.15) is 65.2 Å². The van der Waals surface area contributed by atoms with Crippen molar-refractivity contribution in [1.29, 1.82) is 0 Å². The molecule has 4 atom stereocenters. The van der Waals surface area contributed by atoms with Crippen LogP contribution in [0, 0.1) is 5.92 Å². The molecule has 29 heavy (non-hydrogen) atoms. The average Bonchev–Trinajstić information content (AvgIpc) is 2.71. The molecule has 4 unspecified atom stereocenters. The van der Waals surface area contributed by atoms with Crippen LogP contribution >= 0.6 is 0 Å². The molecule has 0 spiro atoms. The molecular formula is C23H39NO5. The van der Waals surface area contributed by atoms with Gasteiger partial charge in [0, 0.05) is 27.2 Å². The van der Waals surface area contributed by atoms with Gasteiger partial charge in [0.15, 0.2) is 5.78 Å². The number of carbonyl (C=O) groups is 2. The van der Waals surface area contributed by atoms with E-state index in [9.17, 15) is 14.7 Å². The smallest absolute Gasteiger partial charge is 0.220 e. The lowest BCUT2D eigenvalue weighted by atomic mass is 9.82. The number of amides is 1. The second kappa shape index (κ2) is 14.5. The van der Waals surface area contributed by atoms with E-state index in [0.29, 0.717) is 24.8 Å². The van der Waals surface area contributed by atoms with Crippen molar-refractivity contribution in [2.24, 2.45) is 5.92 Å². The lowest BCUT2D eigenvalue weighted by Crippen LogP contribution is -2.47. The summed E-state index contributed by atoms with van der Waals surface area (Å²) in [5.74, 6) is -0.837. The van der Waals surface area contributed by atoms with E-state index < -0.39 is 18.1 Å². The Balaban J connectivity index is 2.33. The second-order valence-electron chi connectivity index (χ2n) is 7.76. The van der Waals surface area contributed by atoms with Gasteiger partial charge in [0.1, 0.15) is 0 Å². The number of hydrogen-bond donors (Lipinski definition) is 2. The van der Waals surface area contributed by atoms with E-state index in [0.717, 1.165) is 12.8 Å². The van der Waals surface area contributed by atoms with E-state index in [-0.39, 0.29) is 24.3 Å². The van der Waals surface area contributed by atoms with Crippen LogP contribution in [-0.4, -0.2) is 55.9 Å². The number of aliphatic hydroxyl groups is 1. The van der Waals surface area contributed by atoms with Gasteiger partial charge in [-0.3, -0.25) is 9.59 Å². The van der Waals surface area contributed by atoms with E-state index in [1.807, 2.05) is 6.08 Å². The Morgan fingerprint density at radius 3 is 2.72 bits per heavy atom. The number of methoxy groups -OCH3 is 2. The largest absolute Gasteiger partial charge is 0.392 e. The molecule has 1 aliphatic rings. The summed E-state index contributed by atoms with van der Waals surface area (Å²) in [6.45, 7) is 4.15. The molecule has 2 N–H and O–H groups in total. The summed E-state index contributed by atoms with van der Waals surface area (Å²) in [6.07, 6.45) is 11.8. The van der Waals surface area contributed by atoms with Gasteiger partial charge < -0.3 is 19.9 Å². The minimum atomic E-state index is -0.776. The second-order valence-corrected chi connectivity index (χ2v) is 7.76. The first-order valence-corrected chi connectivity index (χ1v) is 10.8. The van der Waals surface area contributed by atoms with Gasteiger partial charge >= 0.3 is 0 Å². The van der Waals surface area contributed by atoms with Crippen molar-refractivity contribution >= 4 is 11.7 Å². The van der Waals surface area contributed by atoms with Gasteiger partial charge in [-0.15, -0.1) is 0 Å². The van der Waals surface area contributed by atoms with Crippen molar-refractivity contribution in [1.82, 2.24) is 5.32 Å². The Hall–Kier alpha value is -1.50. The summed E-state index contributed by atoms with van der Waals surface area (Å²) in [5, 5.41) is 13.0. The average molecular weight is 410 g/mol. The first-order chi connectivity index (χ1) is 13.9. The molecule has 0 aromatic rings. The van der Waals surface area contributed by atoms with Gasteiger partial charge in [-0.25, -0.2) is 0 Å². The zero-order valence-electron chi connectivity index (χ0n) is 18.5. The summed E-state index contributed by atoms with van der Waals surface area (Å²) < 4.78 is 10.9. The van der Waals surface area contributed by atoms with Crippen LogP contribution in [0.3, 0.4) is 0 Å². The van der Waals surface area contributed by atoms with Gasteiger partial charge in [-0.2, -0.15) is 0 Å². The molecule has 0 aromatic heterocycles. The monoisotopic (exact) mass is 409 g/mol. The predicted octanol–water partition coefficient (Wildman–Crippen LogP) is 3.34. The fraction of sp³-hybridized carbons (Fsp3) is 0.739. The summed E-state index contributed by atoms with van der Waals surface area (Å²) in [5.41, 5.74) is 0.642. The van der Waals surface area contributed by atoms with E-state index in [4.69, 9.17) is 9.47 Å². The maximum Gasteiger partial charge on any atom is 0.220 e. The Labute approximate surface area is 175 Å². The summed E-state index contributed by atoms with van der Waals surface area (Å²) in [6, 6.07) is 0. The zero-order valence-corrected chi connectivity index (χ0v) is 18.5. The Kier molecular flexibility index (Phi) is 12.7. The molecule has 0 aromatic carbocycles. The predicted molar refractivity (Wildman–Crippen MR) is 115 cm³/mol. The number of rotatable bonds is 14. The van der Waals surface area contributed by atoms with Crippen LogP contribution in [0.4, 0.5) is 0 Å². The van der Waals surface area contributed by atoms with E-state index in [2.05, 4.69) is 18.3 Å². The van der Waals surface area contributed by atoms with Crippen LogP contribution in [0.25, 0.3) is 0 Å². The topological polar surface area (TPSA) is 84.9 Å². The van der Waals surface area contributed by atoms with Gasteiger partial charge in [0.2, 0.25) is 5.91 Å². The van der Waals surface area contributed by atoms with Crippen molar-refractivity contribution in [2.45, 2.75) is 83.5 Å². The van der Waals surface area contributed by atoms with Crippen molar-refractivity contribution < 1.29 is 24.2 Å². The Morgan fingerprint density at radius 1 is 1.31 bits per heavy atom. The normalized spacial score (nSPS) is 21.8. The van der Waals surface area contributed by atoms with E-state index in [1.165, 1.54) is 26.4 Å². The molecule has 1 aliphatic carbocycles. The molecule has 0 aliphatic heterocycles. The number of aliphatic hydroxyl groups excluding tert-OH is 1. The van der Waals surface area contributed by atoms with Crippen LogP contribution < -0.4 is 5.32 Å².